The summed E-state index contributed by atoms with van der Waals surface area (Å²) in [7, 11) is 0. The van der Waals surface area contributed by atoms with E-state index in [4.69, 9.17) is 11.6 Å². The first-order valence-corrected chi connectivity index (χ1v) is 10.6. The number of pyridine rings is 1. The first-order chi connectivity index (χ1) is 14.5. The second kappa shape index (κ2) is 8.86. The van der Waals surface area contributed by atoms with Gasteiger partial charge < -0.3 is 9.88 Å². The van der Waals surface area contributed by atoms with Crippen molar-refractivity contribution in [2.45, 2.75) is 33.5 Å². The number of rotatable bonds is 6. The highest BCUT2D eigenvalue weighted by molar-refractivity contribution is 6.31. The van der Waals surface area contributed by atoms with Gasteiger partial charge in [-0.05, 0) is 31.5 Å². The third-order valence-corrected chi connectivity index (χ3v) is 5.82. The van der Waals surface area contributed by atoms with Gasteiger partial charge in [0, 0.05) is 27.2 Å². The number of halogens is 1. The molecule has 0 spiro atoms. The minimum absolute atomic E-state index is 0.0745. The molecule has 0 radical (unpaired) electrons. The van der Waals surface area contributed by atoms with Crippen molar-refractivity contribution in [2.24, 2.45) is 0 Å². The lowest BCUT2D eigenvalue weighted by Gasteiger charge is -2.21. The van der Waals surface area contributed by atoms with E-state index < -0.39 is 0 Å². The molecule has 152 valence electrons. The van der Waals surface area contributed by atoms with Crippen LogP contribution in [0.15, 0.2) is 77.6 Å². The van der Waals surface area contributed by atoms with E-state index in [0.29, 0.717) is 17.0 Å². The van der Waals surface area contributed by atoms with Crippen molar-refractivity contribution in [3.8, 4) is 0 Å². The second-order valence-electron chi connectivity index (χ2n) is 7.95. The van der Waals surface area contributed by atoms with Crippen molar-refractivity contribution in [2.75, 3.05) is 0 Å². The van der Waals surface area contributed by atoms with Gasteiger partial charge in [0.2, 0.25) is 0 Å². The molecule has 30 heavy (non-hydrogen) atoms. The number of aryl methyl sites for hydroxylation is 2. The van der Waals surface area contributed by atoms with E-state index in [9.17, 15) is 4.79 Å². The molecule has 0 bridgehead atoms. The Kier molecular flexibility index (Phi) is 6.03. The van der Waals surface area contributed by atoms with E-state index in [1.807, 2.05) is 32.0 Å². The molecule has 3 nitrogen and oxygen atoms in total. The van der Waals surface area contributed by atoms with E-state index in [1.165, 1.54) is 16.0 Å². The van der Waals surface area contributed by atoms with Gasteiger partial charge in [-0.25, -0.2) is 0 Å². The van der Waals surface area contributed by atoms with Crippen molar-refractivity contribution in [3.63, 3.8) is 0 Å². The normalized spacial score (nSPS) is 11.3. The number of nitrogens with one attached hydrogen (secondary N) is 2. The van der Waals surface area contributed by atoms with Gasteiger partial charge in [0.05, 0.1) is 11.1 Å². The van der Waals surface area contributed by atoms with Gasteiger partial charge in [-0.2, -0.15) is 0 Å². The molecular formula is C26H26ClN2O+. The van der Waals surface area contributed by atoms with Gasteiger partial charge in [0.1, 0.15) is 19.6 Å². The number of fused-ring (bicyclic) bond motifs is 1. The summed E-state index contributed by atoms with van der Waals surface area (Å²) in [6.45, 7) is 6.31. The van der Waals surface area contributed by atoms with Crippen LogP contribution < -0.4 is 10.3 Å². The monoisotopic (exact) mass is 417 g/mol. The van der Waals surface area contributed by atoms with Crippen LogP contribution in [0.4, 0.5) is 0 Å². The molecule has 3 aromatic carbocycles. The third-order valence-electron chi connectivity index (χ3n) is 5.60. The van der Waals surface area contributed by atoms with Gasteiger partial charge >= 0.3 is 0 Å². The summed E-state index contributed by atoms with van der Waals surface area (Å²) in [6, 6.07) is 24.6. The average Bonchev–Trinajstić information content (AvgIpc) is 2.73. The minimum atomic E-state index is 0.0745. The Hall–Kier alpha value is -2.88. The summed E-state index contributed by atoms with van der Waals surface area (Å²) < 4.78 is 0. The number of aromatic amines is 1. The smallest absolute Gasteiger partial charge is 0.198 e. The number of benzene rings is 3. The summed E-state index contributed by atoms with van der Waals surface area (Å²) in [5, 5.41) is 1.26. The van der Waals surface area contributed by atoms with Crippen molar-refractivity contribution < 1.29 is 4.90 Å². The molecule has 2 N–H and O–H groups in total. The topological polar surface area (TPSA) is 37.3 Å². The quantitative estimate of drug-likeness (QED) is 0.473. The zero-order chi connectivity index (χ0) is 21.1. The Labute approximate surface area is 181 Å². The fraction of sp³-hybridized carbons (Fsp3) is 0.192. The molecule has 4 aromatic rings. The molecule has 0 saturated carbocycles. The molecule has 1 heterocycles. The van der Waals surface area contributed by atoms with Crippen molar-refractivity contribution >= 4 is 22.5 Å². The SMILES string of the molecule is Cc1[nH]c2c(C)cc(Cl)cc2c(=O)c1C[NH+](Cc1ccccc1)Cc1ccccc1. The Bertz CT molecular complexity index is 1180. The van der Waals surface area contributed by atoms with Crippen molar-refractivity contribution in [1.82, 2.24) is 4.98 Å². The lowest BCUT2D eigenvalue weighted by molar-refractivity contribution is -0.941. The predicted octanol–water partition coefficient (Wildman–Crippen LogP) is 4.58. The maximum atomic E-state index is 13.4. The number of quaternary nitrogens is 1. The van der Waals surface area contributed by atoms with E-state index in [1.54, 1.807) is 6.07 Å². The maximum Gasteiger partial charge on any atom is 0.198 e. The summed E-state index contributed by atoms with van der Waals surface area (Å²) in [6.07, 6.45) is 0. The standard InChI is InChI=1S/C26H25ClN2O/c1-18-13-22(27)14-23-25(18)28-19(2)24(26(23)30)17-29(15-20-9-5-3-6-10-20)16-21-11-7-4-8-12-21/h3-14H,15-17H2,1-2H3,(H,28,30)/p+1. The highest BCUT2D eigenvalue weighted by Gasteiger charge is 2.18. The van der Waals surface area contributed by atoms with Gasteiger partial charge in [-0.15, -0.1) is 0 Å². The van der Waals surface area contributed by atoms with Gasteiger partial charge in [-0.1, -0.05) is 72.3 Å². The molecule has 0 atom stereocenters. The fourth-order valence-corrected chi connectivity index (χ4v) is 4.38. The first-order valence-electron chi connectivity index (χ1n) is 10.2. The number of hydrogen-bond acceptors (Lipinski definition) is 1. The Morgan fingerprint density at radius 1 is 0.833 bits per heavy atom. The van der Waals surface area contributed by atoms with Crippen LogP contribution >= 0.6 is 11.6 Å². The zero-order valence-electron chi connectivity index (χ0n) is 17.3. The first kappa shape index (κ1) is 20.4. The van der Waals surface area contributed by atoms with Crippen LogP contribution in [0, 0.1) is 13.8 Å². The van der Waals surface area contributed by atoms with Crippen molar-refractivity contribution in [3.05, 3.63) is 116 Å². The summed E-state index contributed by atoms with van der Waals surface area (Å²) in [4.78, 5) is 18.2. The largest absolute Gasteiger partial charge is 0.358 e. The molecule has 0 amide bonds. The van der Waals surface area contributed by atoms with Crippen LogP contribution in [-0.2, 0) is 19.6 Å². The second-order valence-corrected chi connectivity index (χ2v) is 8.39. The summed E-state index contributed by atoms with van der Waals surface area (Å²) >= 11 is 6.25. The Morgan fingerprint density at radius 3 is 1.97 bits per heavy atom. The van der Waals surface area contributed by atoms with Gasteiger partial charge in [-0.3, -0.25) is 4.79 Å². The molecule has 4 rings (SSSR count). The predicted molar refractivity (Wildman–Crippen MR) is 124 cm³/mol. The fourth-order valence-electron chi connectivity index (χ4n) is 4.10. The summed E-state index contributed by atoms with van der Waals surface area (Å²) in [5.74, 6) is 0. The Morgan fingerprint density at radius 2 is 1.40 bits per heavy atom. The number of H-pyrrole nitrogens is 1. The lowest BCUT2D eigenvalue weighted by Crippen LogP contribution is -3.08. The molecule has 1 aromatic heterocycles. The molecule has 0 unspecified atom stereocenters. The molecule has 0 aliphatic heterocycles. The highest BCUT2D eigenvalue weighted by Crippen LogP contribution is 2.21. The van der Waals surface area contributed by atoms with E-state index in [2.05, 4.69) is 53.5 Å². The molecule has 0 aliphatic carbocycles. The van der Waals surface area contributed by atoms with Crippen LogP contribution in [-0.4, -0.2) is 4.98 Å². The molecule has 0 saturated heterocycles. The van der Waals surface area contributed by atoms with Crippen LogP contribution in [0.2, 0.25) is 5.02 Å². The minimum Gasteiger partial charge on any atom is -0.358 e. The van der Waals surface area contributed by atoms with Gasteiger partial charge in [0.25, 0.3) is 0 Å². The lowest BCUT2D eigenvalue weighted by atomic mass is 10.0. The number of hydrogen-bond donors (Lipinski definition) is 2. The van der Waals surface area contributed by atoms with E-state index >= 15 is 0 Å². The highest BCUT2D eigenvalue weighted by atomic mass is 35.5. The maximum absolute atomic E-state index is 13.4. The van der Waals surface area contributed by atoms with Gasteiger partial charge in [0.15, 0.2) is 5.43 Å². The summed E-state index contributed by atoms with van der Waals surface area (Å²) in [5.41, 5.74) is 6.21. The average molecular weight is 418 g/mol. The van der Waals surface area contributed by atoms with Crippen LogP contribution in [0.25, 0.3) is 10.9 Å². The van der Waals surface area contributed by atoms with Crippen LogP contribution in [0.5, 0.6) is 0 Å². The zero-order valence-corrected chi connectivity index (χ0v) is 18.1. The van der Waals surface area contributed by atoms with E-state index in [-0.39, 0.29) is 5.43 Å². The molecule has 0 aliphatic rings. The van der Waals surface area contributed by atoms with Crippen molar-refractivity contribution in [1.29, 1.82) is 0 Å². The Balaban J connectivity index is 1.73. The van der Waals surface area contributed by atoms with Crippen LogP contribution in [0.1, 0.15) is 27.9 Å². The van der Waals surface area contributed by atoms with E-state index in [0.717, 1.165) is 35.4 Å². The van der Waals surface area contributed by atoms with Crippen LogP contribution in [0.3, 0.4) is 0 Å². The molecule has 0 fully saturated rings. The third kappa shape index (κ3) is 4.48. The number of aromatic nitrogens is 1. The molecule has 4 heteroatoms. The molecular weight excluding hydrogens is 392 g/mol.